The van der Waals surface area contributed by atoms with E-state index in [9.17, 15) is 0 Å². The van der Waals surface area contributed by atoms with E-state index in [1.807, 2.05) is 23.8 Å². The van der Waals surface area contributed by atoms with Crippen molar-refractivity contribution in [3.05, 3.63) is 41.0 Å². The highest BCUT2D eigenvalue weighted by atomic mass is 79.9. The molecule has 0 aliphatic carbocycles. The van der Waals surface area contributed by atoms with E-state index in [0.717, 1.165) is 47.4 Å². The molecule has 1 fully saturated rings. The molecule has 8 heteroatoms. The van der Waals surface area contributed by atoms with E-state index in [0.29, 0.717) is 18.5 Å². The Morgan fingerprint density at radius 3 is 2.96 bits per heavy atom. The predicted molar refractivity (Wildman–Crippen MR) is 97.9 cm³/mol. The molecule has 4 rings (SSSR count). The summed E-state index contributed by atoms with van der Waals surface area (Å²) in [6.07, 6.45) is 9.34. The van der Waals surface area contributed by atoms with Gasteiger partial charge in [-0.25, -0.2) is 19.5 Å². The molecule has 0 aromatic carbocycles. The van der Waals surface area contributed by atoms with E-state index >= 15 is 0 Å². The van der Waals surface area contributed by atoms with E-state index < -0.39 is 0 Å². The molecule has 3 aromatic rings. The third-order valence-corrected chi connectivity index (χ3v) is 4.76. The number of aromatic nitrogens is 5. The second kappa shape index (κ2) is 6.95. The average Bonchev–Trinajstić information content (AvgIpc) is 3.01. The topological polar surface area (TPSA) is 68.4 Å². The number of hydrogen-bond acceptors (Lipinski definition) is 6. The zero-order chi connectivity index (χ0) is 17.2. The molecule has 1 aliphatic rings. The Bertz CT molecular complexity index is 865. The number of fused-ring (bicyclic) bond motifs is 1. The standard InChI is InChI=1S/C17H19BrN6O/c1-12-7-15-16(19-4-6-24(15)22-12)23-5-2-3-13(10-23)11-25-17-20-8-14(18)9-21-17/h4,6-9,13H,2-3,5,10-11H2,1H3. The summed E-state index contributed by atoms with van der Waals surface area (Å²) in [5.41, 5.74) is 2.05. The molecular weight excluding hydrogens is 384 g/mol. The molecule has 0 bridgehead atoms. The molecule has 1 aliphatic heterocycles. The van der Waals surface area contributed by atoms with Crippen molar-refractivity contribution in [3.8, 4) is 6.01 Å². The van der Waals surface area contributed by atoms with Crippen LogP contribution in [0.5, 0.6) is 6.01 Å². The van der Waals surface area contributed by atoms with Crippen molar-refractivity contribution < 1.29 is 4.74 Å². The van der Waals surface area contributed by atoms with Gasteiger partial charge in [0.1, 0.15) is 5.52 Å². The van der Waals surface area contributed by atoms with Gasteiger partial charge in [0, 0.05) is 43.8 Å². The minimum absolute atomic E-state index is 0.423. The van der Waals surface area contributed by atoms with Gasteiger partial charge in [-0.2, -0.15) is 5.10 Å². The highest BCUT2D eigenvalue weighted by Crippen LogP contribution is 2.26. The average molecular weight is 403 g/mol. The molecule has 1 saturated heterocycles. The van der Waals surface area contributed by atoms with E-state index in [-0.39, 0.29) is 0 Å². The Morgan fingerprint density at radius 2 is 2.12 bits per heavy atom. The van der Waals surface area contributed by atoms with Crippen molar-refractivity contribution in [2.75, 3.05) is 24.6 Å². The first-order chi connectivity index (χ1) is 12.2. The summed E-state index contributed by atoms with van der Waals surface area (Å²) in [5, 5.41) is 4.48. The summed E-state index contributed by atoms with van der Waals surface area (Å²) in [6.45, 7) is 4.52. The van der Waals surface area contributed by atoms with Crippen LogP contribution in [0.1, 0.15) is 18.5 Å². The first-order valence-corrected chi connectivity index (χ1v) is 9.14. The molecule has 0 amide bonds. The second-order valence-corrected chi connectivity index (χ2v) is 7.23. The normalized spacial score (nSPS) is 17.8. The van der Waals surface area contributed by atoms with Crippen LogP contribution in [0, 0.1) is 12.8 Å². The third kappa shape index (κ3) is 3.58. The Hall–Kier alpha value is -2.22. The molecule has 1 unspecified atom stereocenters. The van der Waals surface area contributed by atoms with Crippen LogP contribution in [0.25, 0.3) is 5.52 Å². The van der Waals surface area contributed by atoms with Gasteiger partial charge in [-0.1, -0.05) is 0 Å². The van der Waals surface area contributed by atoms with Gasteiger partial charge in [-0.3, -0.25) is 0 Å². The van der Waals surface area contributed by atoms with Gasteiger partial charge in [-0.15, -0.1) is 0 Å². The van der Waals surface area contributed by atoms with Gasteiger partial charge >= 0.3 is 6.01 Å². The van der Waals surface area contributed by atoms with Crippen LogP contribution in [0.2, 0.25) is 0 Å². The fourth-order valence-corrected chi connectivity index (χ4v) is 3.44. The summed E-state index contributed by atoms with van der Waals surface area (Å²) in [4.78, 5) is 15.3. The number of piperidine rings is 1. The molecule has 4 heterocycles. The molecule has 1 atom stereocenters. The van der Waals surface area contributed by atoms with Crippen LogP contribution in [0.15, 0.2) is 35.3 Å². The Labute approximate surface area is 154 Å². The van der Waals surface area contributed by atoms with Gasteiger partial charge in [0.15, 0.2) is 5.82 Å². The second-order valence-electron chi connectivity index (χ2n) is 6.32. The van der Waals surface area contributed by atoms with Crippen LogP contribution < -0.4 is 9.64 Å². The van der Waals surface area contributed by atoms with Crippen LogP contribution in [-0.2, 0) is 0 Å². The lowest BCUT2D eigenvalue weighted by Gasteiger charge is -2.33. The third-order valence-electron chi connectivity index (χ3n) is 4.35. The molecule has 0 saturated carbocycles. The molecular formula is C17H19BrN6O. The zero-order valence-corrected chi connectivity index (χ0v) is 15.6. The molecule has 7 nitrogen and oxygen atoms in total. The van der Waals surface area contributed by atoms with E-state index in [1.54, 1.807) is 12.4 Å². The first-order valence-electron chi connectivity index (χ1n) is 8.35. The maximum absolute atomic E-state index is 5.77. The highest BCUT2D eigenvalue weighted by molar-refractivity contribution is 9.10. The Morgan fingerprint density at radius 1 is 1.28 bits per heavy atom. The lowest BCUT2D eigenvalue weighted by Crippen LogP contribution is -2.38. The smallest absolute Gasteiger partial charge is 0.316 e. The minimum Gasteiger partial charge on any atom is -0.463 e. The maximum Gasteiger partial charge on any atom is 0.316 e. The number of ether oxygens (including phenoxy) is 1. The fourth-order valence-electron chi connectivity index (χ4n) is 3.24. The van der Waals surface area contributed by atoms with E-state index in [2.05, 4.69) is 46.9 Å². The lowest BCUT2D eigenvalue weighted by atomic mass is 9.99. The number of hydrogen-bond donors (Lipinski definition) is 0. The number of nitrogens with zero attached hydrogens (tertiary/aromatic N) is 6. The predicted octanol–water partition coefficient (Wildman–Crippen LogP) is 2.89. The first kappa shape index (κ1) is 16.3. The summed E-state index contributed by atoms with van der Waals surface area (Å²) in [5.74, 6) is 1.42. The summed E-state index contributed by atoms with van der Waals surface area (Å²) in [6, 6.07) is 2.50. The van der Waals surface area contributed by atoms with Crippen molar-refractivity contribution in [1.29, 1.82) is 0 Å². The highest BCUT2D eigenvalue weighted by Gasteiger charge is 2.23. The molecule has 0 N–H and O–H groups in total. The van der Waals surface area contributed by atoms with E-state index in [4.69, 9.17) is 4.74 Å². The van der Waals surface area contributed by atoms with Crippen molar-refractivity contribution in [3.63, 3.8) is 0 Å². The van der Waals surface area contributed by atoms with Gasteiger partial charge in [0.05, 0.1) is 16.8 Å². The maximum atomic E-state index is 5.77. The van der Waals surface area contributed by atoms with Crippen molar-refractivity contribution in [2.45, 2.75) is 19.8 Å². The molecule has 0 radical (unpaired) electrons. The Balaban J connectivity index is 1.46. The SMILES string of the molecule is Cc1cc2c(N3CCCC(COc4ncc(Br)cn4)C3)nccn2n1. The van der Waals surface area contributed by atoms with Crippen LogP contribution in [0.4, 0.5) is 5.82 Å². The summed E-state index contributed by atoms with van der Waals surface area (Å²) >= 11 is 3.33. The van der Waals surface area contributed by atoms with E-state index in [1.165, 1.54) is 0 Å². The fraction of sp³-hybridized carbons (Fsp3) is 0.412. The molecule has 0 spiro atoms. The monoisotopic (exact) mass is 402 g/mol. The molecule has 25 heavy (non-hydrogen) atoms. The summed E-state index contributed by atoms with van der Waals surface area (Å²) < 4.78 is 8.51. The van der Waals surface area contributed by atoms with Crippen molar-refractivity contribution in [2.24, 2.45) is 5.92 Å². The molecule has 130 valence electrons. The van der Waals surface area contributed by atoms with Crippen LogP contribution in [0.3, 0.4) is 0 Å². The van der Waals surface area contributed by atoms with Gasteiger partial charge in [0.25, 0.3) is 0 Å². The quantitative estimate of drug-likeness (QED) is 0.668. The van der Waals surface area contributed by atoms with Gasteiger partial charge in [-0.05, 0) is 41.8 Å². The van der Waals surface area contributed by atoms with Gasteiger partial charge in [0.2, 0.25) is 0 Å². The number of anilines is 1. The van der Waals surface area contributed by atoms with Crippen LogP contribution in [-0.4, -0.2) is 44.3 Å². The zero-order valence-electron chi connectivity index (χ0n) is 14.0. The molecule has 3 aromatic heterocycles. The van der Waals surface area contributed by atoms with Gasteiger partial charge < -0.3 is 9.64 Å². The number of rotatable bonds is 4. The lowest BCUT2D eigenvalue weighted by molar-refractivity contribution is 0.214. The largest absolute Gasteiger partial charge is 0.463 e. The van der Waals surface area contributed by atoms with Crippen LogP contribution >= 0.6 is 15.9 Å². The van der Waals surface area contributed by atoms with Crippen molar-refractivity contribution in [1.82, 2.24) is 24.6 Å². The number of aryl methyl sites for hydroxylation is 1. The van der Waals surface area contributed by atoms with Crippen molar-refractivity contribution >= 4 is 27.3 Å². The number of halogens is 1. The minimum atomic E-state index is 0.423. The Kier molecular flexibility index (Phi) is 4.52. The summed E-state index contributed by atoms with van der Waals surface area (Å²) in [7, 11) is 0.